The van der Waals surface area contributed by atoms with Gasteiger partial charge in [-0.2, -0.15) is 5.10 Å². The standard InChI is InChI=1S/C27H31ClN4O4S/c1-29-26(33)21-9-5-8-19(14-21)17-32-13-12-25(31-32)30-27(34)22(15-18-6-3-4-7-18)20-10-11-24(23(28)16-20)37(2,35)36/h5,8-14,16,18,22H,3-4,6-7,15,17H2,1-2H3,(H,29,33)(H,30,31,34). The monoisotopic (exact) mass is 542 g/mol. The number of hydrogen-bond donors (Lipinski definition) is 2. The fourth-order valence-corrected chi connectivity index (χ4v) is 6.22. The average Bonchev–Trinajstić information content (AvgIpc) is 3.53. The van der Waals surface area contributed by atoms with E-state index >= 15 is 0 Å². The van der Waals surface area contributed by atoms with Crippen molar-refractivity contribution < 1.29 is 18.0 Å². The summed E-state index contributed by atoms with van der Waals surface area (Å²) in [5.74, 6) is -0.00391. The van der Waals surface area contributed by atoms with Crippen molar-refractivity contribution in [3.63, 3.8) is 0 Å². The van der Waals surface area contributed by atoms with E-state index in [4.69, 9.17) is 11.6 Å². The van der Waals surface area contributed by atoms with Gasteiger partial charge in [-0.25, -0.2) is 8.42 Å². The van der Waals surface area contributed by atoms with E-state index in [2.05, 4.69) is 15.7 Å². The molecule has 0 spiro atoms. The van der Waals surface area contributed by atoms with E-state index < -0.39 is 15.8 Å². The highest BCUT2D eigenvalue weighted by Crippen LogP contribution is 2.36. The van der Waals surface area contributed by atoms with Crippen LogP contribution in [-0.2, 0) is 21.2 Å². The number of hydrogen-bond acceptors (Lipinski definition) is 5. The number of halogens is 1. The molecule has 2 aromatic carbocycles. The van der Waals surface area contributed by atoms with Gasteiger partial charge >= 0.3 is 0 Å². The molecule has 0 radical (unpaired) electrons. The maximum absolute atomic E-state index is 13.4. The topological polar surface area (TPSA) is 110 Å². The van der Waals surface area contributed by atoms with Crippen molar-refractivity contribution in [2.45, 2.75) is 49.5 Å². The van der Waals surface area contributed by atoms with Crippen LogP contribution < -0.4 is 10.6 Å². The van der Waals surface area contributed by atoms with E-state index in [1.54, 1.807) is 48.3 Å². The van der Waals surface area contributed by atoms with Crippen molar-refractivity contribution in [1.82, 2.24) is 15.1 Å². The highest BCUT2D eigenvalue weighted by atomic mass is 35.5. The minimum atomic E-state index is -3.47. The van der Waals surface area contributed by atoms with Crippen LogP contribution >= 0.6 is 11.6 Å². The van der Waals surface area contributed by atoms with Crippen LogP contribution in [0.2, 0.25) is 5.02 Å². The minimum Gasteiger partial charge on any atom is -0.355 e. The Hall–Kier alpha value is -3.17. The smallest absolute Gasteiger partial charge is 0.251 e. The number of aromatic nitrogens is 2. The van der Waals surface area contributed by atoms with Crippen LogP contribution in [0.4, 0.5) is 5.82 Å². The summed E-state index contributed by atoms with van der Waals surface area (Å²) < 4.78 is 25.7. The SMILES string of the molecule is CNC(=O)c1cccc(Cn2ccc(NC(=O)C(CC3CCCC3)c3ccc(S(C)(=O)=O)c(Cl)c3)n2)c1. The summed E-state index contributed by atoms with van der Waals surface area (Å²) in [5, 5.41) is 10.2. The Bertz CT molecular complexity index is 1400. The van der Waals surface area contributed by atoms with E-state index in [-0.39, 0.29) is 21.7 Å². The van der Waals surface area contributed by atoms with Crippen molar-refractivity contribution in [2.75, 3.05) is 18.6 Å². The Labute approximate surface area is 222 Å². The van der Waals surface area contributed by atoms with Gasteiger partial charge in [0, 0.05) is 31.1 Å². The first-order valence-corrected chi connectivity index (χ1v) is 14.6. The molecule has 10 heteroatoms. The zero-order valence-electron chi connectivity index (χ0n) is 20.9. The molecule has 1 atom stereocenters. The van der Waals surface area contributed by atoms with E-state index in [1.165, 1.54) is 6.07 Å². The van der Waals surface area contributed by atoms with Crippen LogP contribution in [0.5, 0.6) is 0 Å². The molecular formula is C27H31ClN4O4S. The normalized spacial score (nSPS) is 14.9. The lowest BCUT2D eigenvalue weighted by molar-refractivity contribution is -0.118. The Morgan fingerprint density at radius 1 is 1.14 bits per heavy atom. The molecule has 1 aliphatic carbocycles. The van der Waals surface area contributed by atoms with Crippen molar-refractivity contribution in [1.29, 1.82) is 0 Å². The summed E-state index contributed by atoms with van der Waals surface area (Å²) in [6, 6.07) is 13.8. The van der Waals surface area contributed by atoms with E-state index in [9.17, 15) is 18.0 Å². The molecule has 1 aliphatic rings. The van der Waals surface area contributed by atoms with E-state index in [0.717, 1.165) is 37.5 Å². The highest BCUT2D eigenvalue weighted by Gasteiger charge is 2.28. The van der Waals surface area contributed by atoms with Gasteiger partial charge < -0.3 is 10.6 Å². The highest BCUT2D eigenvalue weighted by molar-refractivity contribution is 7.90. The molecule has 2 amide bonds. The van der Waals surface area contributed by atoms with Crippen molar-refractivity contribution in [2.24, 2.45) is 5.92 Å². The first-order chi connectivity index (χ1) is 17.6. The third-order valence-corrected chi connectivity index (χ3v) is 8.35. The van der Waals surface area contributed by atoms with Crippen molar-refractivity contribution in [3.05, 3.63) is 76.4 Å². The lowest BCUT2D eigenvalue weighted by atomic mass is 9.87. The zero-order chi connectivity index (χ0) is 26.6. The van der Waals surface area contributed by atoms with Gasteiger partial charge in [-0.3, -0.25) is 14.3 Å². The molecule has 8 nitrogen and oxygen atoms in total. The third-order valence-electron chi connectivity index (χ3n) is 6.77. The number of carbonyl (C=O) groups excluding carboxylic acids is 2. The van der Waals surface area contributed by atoms with Gasteiger partial charge in [-0.15, -0.1) is 0 Å². The second-order valence-corrected chi connectivity index (χ2v) is 12.0. The Morgan fingerprint density at radius 3 is 2.57 bits per heavy atom. The van der Waals surface area contributed by atoms with Crippen LogP contribution in [0.25, 0.3) is 0 Å². The molecule has 0 bridgehead atoms. The second-order valence-electron chi connectivity index (χ2n) is 9.57. The number of amides is 2. The first-order valence-electron chi connectivity index (χ1n) is 12.3. The predicted molar refractivity (Wildman–Crippen MR) is 144 cm³/mol. The number of carbonyl (C=O) groups is 2. The quantitative estimate of drug-likeness (QED) is 0.409. The molecule has 1 aromatic heterocycles. The number of nitrogens with one attached hydrogen (secondary N) is 2. The average molecular weight is 543 g/mol. The largest absolute Gasteiger partial charge is 0.355 e. The summed E-state index contributed by atoms with van der Waals surface area (Å²) in [5.41, 5.74) is 2.16. The predicted octanol–water partition coefficient (Wildman–Crippen LogP) is 4.65. The molecular weight excluding hydrogens is 512 g/mol. The molecule has 1 saturated carbocycles. The molecule has 0 aliphatic heterocycles. The first kappa shape index (κ1) is 26.9. The van der Waals surface area contributed by atoms with Crippen LogP contribution in [-0.4, -0.2) is 43.3 Å². The van der Waals surface area contributed by atoms with Gasteiger partial charge in [-0.05, 0) is 47.7 Å². The van der Waals surface area contributed by atoms with Gasteiger partial charge in [0.25, 0.3) is 5.91 Å². The molecule has 3 aromatic rings. The lowest BCUT2D eigenvalue weighted by Crippen LogP contribution is -2.23. The zero-order valence-corrected chi connectivity index (χ0v) is 22.5. The van der Waals surface area contributed by atoms with Gasteiger partial charge in [0.05, 0.1) is 22.4 Å². The summed E-state index contributed by atoms with van der Waals surface area (Å²) in [6.07, 6.45) is 7.99. The maximum Gasteiger partial charge on any atom is 0.251 e. The fourth-order valence-electron chi connectivity index (χ4n) is 4.88. The lowest BCUT2D eigenvalue weighted by Gasteiger charge is -2.21. The van der Waals surface area contributed by atoms with Crippen LogP contribution in [0.15, 0.2) is 59.6 Å². The van der Waals surface area contributed by atoms with Crippen LogP contribution in [0.3, 0.4) is 0 Å². The molecule has 1 unspecified atom stereocenters. The fraction of sp³-hybridized carbons (Fsp3) is 0.370. The van der Waals surface area contributed by atoms with Gasteiger partial charge in [0.15, 0.2) is 15.7 Å². The molecule has 196 valence electrons. The summed E-state index contributed by atoms with van der Waals surface area (Å²) in [7, 11) is -1.88. The Balaban J connectivity index is 1.51. The van der Waals surface area contributed by atoms with Gasteiger partial charge in [0.2, 0.25) is 5.91 Å². The second kappa shape index (κ2) is 11.5. The molecule has 1 fully saturated rings. The summed E-state index contributed by atoms with van der Waals surface area (Å²) >= 11 is 6.31. The summed E-state index contributed by atoms with van der Waals surface area (Å²) in [6.45, 7) is 0.439. The molecule has 2 N–H and O–H groups in total. The minimum absolute atomic E-state index is 0.0529. The van der Waals surface area contributed by atoms with E-state index in [1.807, 2.05) is 12.1 Å². The van der Waals surface area contributed by atoms with Crippen LogP contribution in [0, 0.1) is 5.92 Å². The molecule has 4 rings (SSSR count). The van der Waals surface area contributed by atoms with Gasteiger partial charge in [0.1, 0.15) is 0 Å². The Morgan fingerprint density at radius 2 is 1.89 bits per heavy atom. The van der Waals surface area contributed by atoms with E-state index in [0.29, 0.717) is 35.8 Å². The number of sulfone groups is 1. The number of anilines is 1. The maximum atomic E-state index is 13.4. The van der Waals surface area contributed by atoms with Crippen molar-refractivity contribution >= 4 is 39.1 Å². The summed E-state index contributed by atoms with van der Waals surface area (Å²) in [4.78, 5) is 25.4. The van der Waals surface area contributed by atoms with Gasteiger partial charge in [-0.1, -0.05) is 55.5 Å². The molecule has 1 heterocycles. The number of benzene rings is 2. The number of nitrogens with zero attached hydrogens (tertiary/aromatic N) is 2. The molecule has 0 saturated heterocycles. The van der Waals surface area contributed by atoms with Crippen LogP contribution in [0.1, 0.15) is 59.5 Å². The molecule has 37 heavy (non-hydrogen) atoms. The van der Waals surface area contributed by atoms with Crippen molar-refractivity contribution in [3.8, 4) is 0 Å². The Kier molecular flexibility index (Phi) is 8.34. The number of rotatable bonds is 9. The third kappa shape index (κ3) is 6.78.